The zero-order valence-electron chi connectivity index (χ0n) is 28.4. The highest BCUT2D eigenvalue weighted by Crippen LogP contribution is 2.39. The fourth-order valence-corrected chi connectivity index (χ4v) is 7.37. The van der Waals surface area contributed by atoms with E-state index in [9.17, 15) is 4.79 Å². The number of nitrogens with zero attached hydrogens (tertiary/aromatic N) is 6. The predicted molar refractivity (Wildman–Crippen MR) is 191 cm³/mol. The number of H-pyrrole nitrogens is 1. The molecular formula is C37H50N8O. The van der Waals surface area contributed by atoms with Gasteiger partial charge in [-0.25, -0.2) is 9.97 Å². The van der Waals surface area contributed by atoms with Crippen molar-refractivity contribution in [2.45, 2.75) is 65.1 Å². The van der Waals surface area contributed by atoms with Crippen LogP contribution in [0.3, 0.4) is 0 Å². The standard InChI is InChI=1S/C37H50N8O/c1-7-45(30-11-9-29(10-12-30)42(4)5)34-22-28(27-8-13-35(39-23-27)44-18-16-43(6)17-19-44)21-32-31(34)14-15-38-36(32)40-24-33-25(2)20-26(3)41-37(33)46/h8,13-15,20-23,29-30H,7,9-12,16-19,24H2,1-6H3,(H,38,40)(H,41,46). The zero-order chi connectivity index (χ0) is 32.4. The van der Waals surface area contributed by atoms with Crippen molar-refractivity contribution < 1.29 is 0 Å². The molecule has 3 aromatic heterocycles. The monoisotopic (exact) mass is 622 g/mol. The van der Waals surface area contributed by atoms with Crippen molar-refractivity contribution in [1.29, 1.82) is 0 Å². The number of hydrogen-bond acceptors (Lipinski definition) is 8. The molecule has 0 bridgehead atoms. The minimum Gasteiger partial charge on any atom is -0.368 e. The van der Waals surface area contributed by atoms with Crippen LogP contribution in [0.4, 0.5) is 17.3 Å². The van der Waals surface area contributed by atoms with Crippen LogP contribution in [0.5, 0.6) is 0 Å². The van der Waals surface area contributed by atoms with Gasteiger partial charge in [-0.05, 0) is 115 Å². The van der Waals surface area contributed by atoms with E-state index < -0.39 is 0 Å². The lowest BCUT2D eigenvalue weighted by Crippen LogP contribution is -2.44. The van der Waals surface area contributed by atoms with Crippen molar-refractivity contribution in [3.05, 3.63) is 76.0 Å². The van der Waals surface area contributed by atoms with E-state index in [2.05, 4.69) is 88.3 Å². The van der Waals surface area contributed by atoms with Gasteiger partial charge in [0.05, 0.1) is 0 Å². The van der Waals surface area contributed by atoms with Crippen LogP contribution in [0.25, 0.3) is 21.9 Å². The summed E-state index contributed by atoms with van der Waals surface area (Å²) in [6.45, 7) is 11.6. The molecule has 0 unspecified atom stereocenters. The Bertz CT molecular complexity index is 1700. The van der Waals surface area contributed by atoms with Crippen LogP contribution in [0.1, 0.15) is 49.4 Å². The molecule has 0 atom stereocenters. The SMILES string of the molecule is CCN(c1cc(-c2ccc(N3CCN(C)CC3)nc2)cc2c(NCc3c(C)cc(C)[nH]c3=O)nccc12)C1CCC(N(C)C)CC1. The molecule has 1 aromatic carbocycles. The van der Waals surface area contributed by atoms with Crippen molar-refractivity contribution in [3.8, 4) is 11.1 Å². The van der Waals surface area contributed by atoms with Crippen molar-refractivity contribution in [2.24, 2.45) is 0 Å². The largest absolute Gasteiger partial charge is 0.368 e. The van der Waals surface area contributed by atoms with Gasteiger partial charge in [-0.3, -0.25) is 4.79 Å². The number of piperazine rings is 1. The third-order valence-corrected chi connectivity index (χ3v) is 10.2. The summed E-state index contributed by atoms with van der Waals surface area (Å²) in [6.07, 6.45) is 8.69. The molecule has 0 radical (unpaired) electrons. The van der Waals surface area contributed by atoms with E-state index in [4.69, 9.17) is 9.97 Å². The highest BCUT2D eigenvalue weighted by atomic mass is 16.1. The van der Waals surface area contributed by atoms with Crippen LogP contribution in [-0.2, 0) is 6.54 Å². The quantitative estimate of drug-likeness (QED) is 0.247. The fraction of sp³-hybridized carbons (Fsp3) is 0.486. The number of nitrogens with one attached hydrogen (secondary N) is 2. The van der Waals surface area contributed by atoms with Gasteiger partial charge < -0.3 is 29.9 Å². The number of hydrogen-bond donors (Lipinski definition) is 2. The average Bonchev–Trinajstić information content (AvgIpc) is 3.05. The molecule has 6 rings (SSSR count). The number of anilines is 3. The lowest BCUT2D eigenvalue weighted by atomic mass is 9.88. The van der Waals surface area contributed by atoms with E-state index in [0.717, 1.165) is 77.7 Å². The number of fused-ring (bicyclic) bond motifs is 1. The van der Waals surface area contributed by atoms with Gasteiger partial charge in [0.25, 0.3) is 5.56 Å². The minimum absolute atomic E-state index is 0.0522. The molecule has 46 heavy (non-hydrogen) atoms. The molecule has 2 aliphatic rings. The van der Waals surface area contributed by atoms with Crippen LogP contribution in [0, 0.1) is 13.8 Å². The second-order valence-corrected chi connectivity index (χ2v) is 13.5. The number of rotatable bonds is 9. The van der Waals surface area contributed by atoms with Gasteiger partial charge in [0.1, 0.15) is 11.6 Å². The normalized spacial score (nSPS) is 19.2. The molecule has 1 saturated carbocycles. The Kier molecular flexibility index (Phi) is 9.61. The Balaban J connectivity index is 1.39. The number of aryl methyl sites for hydroxylation is 2. The number of likely N-dealkylation sites (N-methyl/N-ethyl adjacent to an activating group) is 1. The molecule has 0 amide bonds. The van der Waals surface area contributed by atoms with E-state index >= 15 is 0 Å². The first-order valence-corrected chi connectivity index (χ1v) is 16.9. The number of benzene rings is 1. The second-order valence-electron chi connectivity index (χ2n) is 13.5. The first kappa shape index (κ1) is 32.0. The Labute approximate surface area is 273 Å². The van der Waals surface area contributed by atoms with Crippen LogP contribution in [0.15, 0.2) is 53.6 Å². The summed E-state index contributed by atoms with van der Waals surface area (Å²) in [7, 11) is 6.59. The highest BCUT2D eigenvalue weighted by molar-refractivity contribution is 6.03. The zero-order valence-corrected chi connectivity index (χ0v) is 28.4. The van der Waals surface area contributed by atoms with Crippen LogP contribution >= 0.6 is 0 Å². The van der Waals surface area contributed by atoms with E-state index in [1.54, 1.807) is 0 Å². The van der Waals surface area contributed by atoms with E-state index in [1.165, 1.54) is 36.8 Å². The molecule has 9 heteroatoms. The van der Waals surface area contributed by atoms with Crippen LogP contribution in [0.2, 0.25) is 0 Å². The molecule has 2 N–H and O–H groups in total. The van der Waals surface area contributed by atoms with Crippen molar-refractivity contribution in [3.63, 3.8) is 0 Å². The molecule has 1 aliphatic heterocycles. The first-order chi connectivity index (χ1) is 22.2. The Morgan fingerprint density at radius 2 is 1.65 bits per heavy atom. The molecule has 4 heterocycles. The highest BCUT2D eigenvalue weighted by Gasteiger charge is 2.28. The molecule has 2 fully saturated rings. The maximum Gasteiger partial charge on any atom is 0.253 e. The summed E-state index contributed by atoms with van der Waals surface area (Å²) < 4.78 is 0. The lowest BCUT2D eigenvalue weighted by molar-refractivity contribution is 0.214. The third kappa shape index (κ3) is 6.76. The number of aromatic amines is 1. The Hall–Kier alpha value is -3.95. The van der Waals surface area contributed by atoms with Gasteiger partial charge in [0, 0.05) is 97.0 Å². The molecule has 1 saturated heterocycles. The summed E-state index contributed by atoms with van der Waals surface area (Å²) in [6, 6.07) is 14.3. The molecule has 0 spiro atoms. The van der Waals surface area contributed by atoms with Gasteiger partial charge in [0.15, 0.2) is 0 Å². The van der Waals surface area contributed by atoms with Gasteiger partial charge in [-0.1, -0.05) is 0 Å². The van der Waals surface area contributed by atoms with Gasteiger partial charge in [-0.2, -0.15) is 0 Å². The minimum atomic E-state index is -0.0522. The molecule has 1 aliphatic carbocycles. The summed E-state index contributed by atoms with van der Waals surface area (Å²) in [4.78, 5) is 35.3. The van der Waals surface area contributed by atoms with Gasteiger partial charge in [-0.15, -0.1) is 0 Å². The molecule has 4 aromatic rings. The number of pyridine rings is 3. The van der Waals surface area contributed by atoms with Crippen molar-refractivity contribution in [1.82, 2.24) is 24.8 Å². The lowest BCUT2D eigenvalue weighted by Gasteiger charge is -2.40. The maximum atomic E-state index is 12.8. The van der Waals surface area contributed by atoms with Crippen molar-refractivity contribution in [2.75, 3.05) is 69.0 Å². The summed E-state index contributed by atoms with van der Waals surface area (Å²) in [5.74, 6) is 1.82. The second kappa shape index (κ2) is 13.8. The topological polar surface area (TPSA) is 83.6 Å². The molecular weight excluding hydrogens is 572 g/mol. The Morgan fingerprint density at radius 3 is 2.30 bits per heavy atom. The number of aromatic nitrogens is 3. The average molecular weight is 623 g/mol. The van der Waals surface area contributed by atoms with Crippen molar-refractivity contribution >= 4 is 28.1 Å². The third-order valence-electron chi connectivity index (χ3n) is 10.2. The van der Waals surface area contributed by atoms with E-state index in [-0.39, 0.29) is 5.56 Å². The van der Waals surface area contributed by atoms with Gasteiger partial charge >= 0.3 is 0 Å². The summed E-state index contributed by atoms with van der Waals surface area (Å²) in [5.41, 5.74) is 5.99. The van der Waals surface area contributed by atoms with Gasteiger partial charge in [0.2, 0.25) is 0 Å². The smallest absolute Gasteiger partial charge is 0.253 e. The predicted octanol–water partition coefficient (Wildman–Crippen LogP) is 5.66. The fourth-order valence-electron chi connectivity index (χ4n) is 7.37. The van der Waals surface area contributed by atoms with E-state index in [1.807, 2.05) is 32.3 Å². The molecule has 9 nitrogen and oxygen atoms in total. The molecule has 244 valence electrons. The Morgan fingerprint density at radius 1 is 0.913 bits per heavy atom. The first-order valence-electron chi connectivity index (χ1n) is 16.9. The summed E-state index contributed by atoms with van der Waals surface area (Å²) >= 11 is 0. The van der Waals surface area contributed by atoms with E-state index in [0.29, 0.717) is 18.6 Å². The van der Waals surface area contributed by atoms with Crippen LogP contribution in [-0.4, -0.2) is 90.7 Å². The maximum absolute atomic E-state index is 12.8. The van der Waals surface area contributed by atoms with Crippen LogP contribution < -0.4 is 20.7 Å². The summed E-state index contributed by atoms with van der Waals surface area (Å²) in [5, 5.41) is 5.77.